The minimum Gasteiger partial charge on any atom is -0.384 e. The lowest BCUT2D eigenvalue weighted by atomic mass is 9.94. The van der Waals surface area contributed by atoms with Crippen LogP contribution < -0.4 is 5.73 Å². The topological polar surface area (TPSA) is 129 Å². The first kappa shape index (κ1) is 24.8. The highest BCUT2D eigenvalue weighted by Gasteiger charge is 2.31. The van der Waals surface area contributed by atoms with E-state index in [1.165, 1.54) is 11.4 Å². The highest BCUT2D eigenvalue weighted by Crippen LogP contribution is 2.37. The summed E-state index contributed by atoms with van der Waals surface area (Å²) >= 11 is 3.61. The van der Waals surface area contributed by atoms with Gasteiger partial charge in [-0.05, 0) is 47.0 Å². The Morgan fingerprint density at radius 1 is 1.14 bits per heavy atom. The lowest BCUT2D eigenvalue weighted by molar-refractivity contribution is 0.214. The average molecular weight is 572 g/mol. The van der Waals surface area contributed by atoms with Gasteiger partial charge in [0.2, 0.25) is 10.0 Å². The highest BCUT2D eigenvalue weighted by molar-refractivity contribution is 9.10. The Morgan fingerprint density at radius 2 is 1.94 bits per heavy atom. The van der Waals surface area contributed by atoms with Gasteiger partial charge < -0.3 is 10.5 Å². The van der Waals surface area contributed by atoms with E-state index in [4.69, 9.17) is 15.5 Å². The Morgan fingerprint density at radius 3 is 2.61 bits per heavy atom. The number of piperidine rings is 1. The molecule has 5 heterocycles. The number of ether oxygens (including phenoxy) is 1. The number of nitrogen functional groups attached to an aromatic ring is 1. The van der Waals surface area contributed by atoms with Crippen molar-refractivity contribution in [3.05, 3.63) is 59.2 Å². The number of nitrogens with two attached hydrogens (primary N) is 1. The summed E-state index contributed by atoms with van der Waals surface area (Å²) in [7, 11) is -1.83. The van der Waals surface area contributed by atoms with Crippen LogP contribution in [0.5, 0.6) is 0 Å². The van der Waals surface area contributed by atoms with Crippen LogP contribution in [0.25, 0.3) is 28.0 Å². The number of fused-ring (bicyclic) bond motifs is 1. The van der Waals surface area contributed by atoms with E-state index in [0.717, 1.165) is 28.1 Å². The third-order valence-electron chi connectivity index (χ3n) is 6.46. The number of methoxy groups -OCH3 is 1. The van der Waals surface area contributed by atoms with Crippen molar-refractivity contribution in [1.29, 1.82) is 0 Å². The molecule has 1 aliphatic rings. The molecule has 0 aliphatic carbocycles. The summed E-state index contributed by atoms with van der Waals surface area (Å²) in [5.74, 6) is 0.507. The number of pyridine rings is 2. The molecule has 36 heavy (non-hydrogen) atoms. The number of anilines is 1. The van der Waals surface area contributed by atoms with Gasteiger partial charge in [0.15, 0.2) is 5.65 Å². The van der Waals surface area contributed by atoms with Crippen molar-refractivity contribution in [3.8, 4) is 22.4 Å². The molecule has 2 N–H and O–H groups in total. The molecule has 4 aromatic heterocycles. The zero-order chi connectivity index (χ0) is 25.3. The van der Waals surface area contributed by atoms with Crippen LogP contribution in [-0.2, 0) is 14.8 Å². The Bertz CT molecular complexity index is 1470. The van der Waals surface area contributed by atoms with Gasteiger partial charge >= 0.3 is 0 Å². The van der Waals surface area contributed by atoms with Crippen LogP contribution >= 0.6 is 15.9 Å². The SMILES string of the molecule is COCCS(=O)(=O)N1CCC(c2nc3c(-c4ccc(-c5cccnc5)nc4)cnn3c(N)c2Br)CC1. The van der Waals surface area contributed by atoms with Crippen molar-refractivity contribution in [2.75, 3.05) is 38.3 Å². The van der Waals surface area contributed by atoms with Gasteiger partial charge in [-0.2, -0.15) is 9.61 Å². The van der Waals surface area contributed by atoms with Gasteiger partial charge in [-0.3, -0.25) is 9.97 Å². The average Bonchev–Trinajstić information content (AvgIpc) is 3.34. The molecule has 0 radical (unpaired) electrons. The van der Waals surface area contributed by atoms with E-state index in [2.05, 4.69) is 31.0 Å². The number of aromatic nitrogens is 5. The molecule has 0 bridgehead atoms. The fourth-order valence-electron chi connectivity index (χ4n) is 4.45. The van der Waals surface area contributed by atoms with Crippen LogP contribution in [0.1, 0.15) is 24.5 Å². The van der Waals surface area contributed by atoms with Crippen LogP contribution in [0.3, 0.4) is 0 Å². The minimum atomic E-state index is -3.34. The van der Waals surface area contributed by atoms with Crippen molar-refractivity contribution >= 4 is 37.4 Å². The summed E-state index contributed by atoms with van der Waals surface area (Å²) in [6, 6.07) is 7.76. The van der Waals surface area contributed by atoms with Gasteiger partial charge in [0, 0.05) is 61.4 Å². The normalized spacial score (nSPS) is 15.5. The molecule has 5 rings (SSSR count). The lowest BCUT2D eigenvalue weighted by Crippen LogP contribution is -2.40. The summed E-state index contributed by atoms with van der Waals surface area (Å²) in [5.41, 5.74) is 11.3. The van der Waals surface area contributed by atoms with E-state index >= 15 is 0 Å². The van der Waals surface area contributed by atoms with Gasteiger partial charge in [-0.25, -0.2) is 17.7 Å². The molecule has 0 spiro atoms. The maximum Gasteiger partial charge on any atom is 0.216 e. The van der Waals surface area contributed by atoms with Crippen molar-refractivity contribution in [1.82, 2.24) is 28.9 Å². The van der Waals surface area contributed by atoms with Crippen molar-refractivity contribution in [2.24, 2.45) is 0 Å². The van der Waals surface area contributed by atoms with Crippen molar-refractivity contribution < 1.29 is 13.2 Å². The number of sulfonamides is 1. The fraction of sp³-hybridized carbons (Fsp3) is 0.333. The standard InChI is InChI=1S/C24H26BrN7O3S/c1-35-11-12-36(33,34)31-9-6-16(7-10-31)22-21(25)23(26)32-24(30-22)19(15-29-32)17-4-5-20(28-14-17)18-3-2-8-27-13-18/h2-5,8,13-16H,6-7,9-12,26H2,1H3. The van der Waals surface area contributed by atoms with Crippen LogP contribution in [0.4, 0.5) is 5.82 Å². The number of nitrogens with zero attached hydrogens (tertiary/aromatic N) is 6. The molecule has 1 saturated heterocycles. The molecule has 1 aliphatic heterocycles. The summed E-state index contributed by atoms with van der Waals surface area (Å²) < 4.78 is 33.9. The minimum absolute atomic E-state index is 0.0121. The zero-order valence-corrected chi connectivity index (χ0v) is 22.1. The monoisotopic (exact) mass is 571 g/mol. The van der Waals surface area contributed by atoms with Gasteiger partial charge in [-0.1, -0.05) is 6.07 Å². The van der Waals surface area contributed by atoms with Gasteiger partial charge in [-0.15, -0.1) is 0 Å². The first-order valence-electron chi connectivity index (χ1n) is 11.5. The van der Waals surface area contributed by atoms with Crippen LogP contribution in [0.15, 0.2) is 53.5 Å². The van der Waals surface area contributed by atoms with Gasteiger partial charge in [0.25, 0.3) is 0 Å². The Kier molecular flexibility index (Phi) is 7.02. The number of hydrogen-bond acceptors (Lipinski definition) is 8. The third kappa shape index (κ3) is 4.73. The van der Waals surface area contributed by atoms with Crippen molar-refractivity contribution in [3.63, 3.8) is 0 Å². The molecular weight excluding hydrogens is 546 g/mol. The number of halogens is 1. The second kappa shape index (κ2) is 10.2. The maximum atomic E-state index is 12.5. The molecule has 0 atom stereocenters. The molecule has 188 valence electrons. The molecule has 4 aromatic rings. The highest BCUT2D eigenvalue weighted by atomic mass is 79.9. The molecule has 0 unspecified atom stereocenters. The number of rotatable bonds is 7. The summed E-state index contributed by atoms with van der Waals surface area (Å²) in [5, 5.41) is 4.46. The van der Waals surface area contributed by atoms with Gasteiger partial charge in [0.1, 0.15) is 5.82 Å². The Labute approximate surface area is 217 Å². The fourth-order valence-corrected chi connectivity index (χ4v) is 6.43. The summed E-state index contributed by atoms with van der Waals surface area (Å²) in [6.45, 7) is 1.05. The van der Waals surface area contributed by atoms with Crippen LogP contribution in [0.2, 0.25) is 0 Å². The van der Waals surface area contributed by atoms with E-state index in [1.54, 1.807) is 29.3 Å². The largest absolute Gasteiger partial charge is 0.384 e. The predicted octanol–water partition coefficient (Wildman–Crippen LogP) is 3.35. The second-order valence-electron chi connectivity index (χ2n) is 8.65. The molecule has 1 fully saturated rings. The van der Waals surface area contributed by atoms with Crippen LogP contribution in [-0.4, -0.2) is 69.8 Å². The first-order chi connectivity index (χ1) is 17.4. The molecule has 10 nitrogen and oxygen atoms in total. The maximum absolute atomic E-state index is 12.5. The van der Waals surface area contributed by atoms with E-state index in [0.29, 0.717) is 41.9 Å². The molecule has 0 aromatic carbocycles. The third-order valence-corrected chi connectivity index (χ3v) is 9.11. The zero-order valence-electron chi connectivity index (χ0n) is 19.7. The molecular formula is C24H26BrN7O3S. The van der Waals surface area contributed by atoms with E-state index < -0.39 is 10.0 Å². The van der Waals surface area contributed by atoms with Crippen molar-refractivity contribution in [2.45, 2.75) is 18.8 Å². The first-order valence-corrected chi connectivity index (χ1v) is 14.0. The molecule has 0 saturated carbocycles. The summed E-state index contributed by atoms with van der Waals surface area (Å²) in [4.78, 5) is 13.7. The van der Waals surface area contributed by atoms with E-state index in [1.807, 2.05) is 24.3 Å². The molecule has 12 heteroatoms. The second-order valence-corrected chi connectivity index (χ2v) is 11.5. The van der Waals surface area contributed by atoms with E-state index in [-0.39, 0.29) is 18.3 Å². The predicted molar refractivity (Wildman–Crippen MR) is 141 cm³/mol. The Hall–Kier alpha value is -2.93. The smallest absolute Gasteiger partial charge is 0.216 e. The summed E-state index contributed by atoms with van der Waals surface area (Å²) in [6.07, 6.45) is 8.34. The van der Waals surface area contributed by atoms with Gasteiger partial charge in [0.05, 0.1) is 34.4 Å². The van der Waals surface area contributed by atoms with Crippen LogP contribution in [0, 0.1) is 0 Å². The molecule has 0 amide bonds. The van der Waals surface area contributed by atoms with E-state index in [9.17, 15) is 8.42 Å². The lowest BCUT2D eigenvalue weighted by Gasteiger charge is -2.31. The number of hydrogen-bond donors (Lipinski definition) is 1. The quantitative estimate of drug-likeness (QED) is 0.357. The Balaban J connectivity index is 1.43.